The lowest BCUT2D eigenvalue weighted by molar-refractivity contribution is -0.133. The van der Waals surface area contributed by atoms with Crippen molar-refractivity contribution in [2.75, 3.05) is 44.6 Å². The van der Waals surface area contributed by atoms with E-state index in [-0.39, 0.29) is 42.6 Å². The van der Waals surface area contributed by atoms with Crippen molar-refractivity contribution in [3.05, 3.63) is 60.2 Å². The van der Waals surface area contributed by atoms with Crippen LogP contribution in [-0.2, 0) is 26.2 Å². The van der Waals surface area contributed by atoms with Gasteiger partial charge in [-0.05, 0) is 55.8 Å². The van der Waals surface area contributed by atoms with Gasteiger partial charge in [0.1, 0.15) is 0 Å². The van der Waals surface area contributed by atoms with Crippen LogP contribution in [0.2, 0.25) is 0 Å². The van der Waals surface area contributed by atoms with E-state index in [9.17, 15) is 18.0 Å². The smallest absolute Gasteiger partial charge is 0.243 e. The van der Waals surface area contributed by atoms with Gasteiger partial charge in [-0.25, -0.2) is 8.42 Å². The Bertz CT molecular complexity index is 1080. The third-order valence-corrected chi connectivity index (χ3v) is 8.29. The predicted molar refractivity (Wildman–Crippen MR) is 131 cm³/mol. The first-order valence-corrected chi connectivity index (χ1v) is 13.3. The SMILES string of the molecule is O=C(CCC(=O)N1CCN(S(=O)(=O)c2ccccc2)CC1)Nc1ccc(CN2CCCC2)cc1. The number of benzene rings is 2. The van der Waals surface area contributed by atoms with E-state index in [0.29, 0.717) is 13.1 Å². The minimum atomic E-state index is -3.55. The highest BCUT2D eigenvalue weighted by atomic mass is 32.2. The maximum atomic E-state index is 12.7. The molecule has 0 unspecified atom stereocenters. The average molecular weight is 485 g/mol. The summed E-state index contributed by atoms with van der Waals surface area (Å²) in [5.41, 5.74) is 1.95. The van der Waals surface area contributed by atoms with Gasteiger partial charge in [0, 0.05) is 51.3 Å². The maximum Gasteiger partial charge on any atom is 0.243 e. The van der Waals surface area contributed by atoms with Gasteiger partial charge in [0.25, 0.3) is 0 Å². The van der Waals surface area contributed by atoms with Gasteiger partial charge in [-0.15, -0.1) is 0 Å². The van der Waals surface area contributed by atoms with Crippen LogP contribution < -0.4 is 5.32 Å². The second-order valence-corrected chi connectivity index (χ2v) is 10.8. The highest BCUT2D eigenvalue weighted by molar-refractivity contribution is 7.89. The number of likely N-dealkylation sites (tertiary alicyclic amines) is 1. The van der Waals surface area contributed by atoms with E-state index in [1.807, 2.05) is 24.3 Å². The van der Waals surface area contributed by atoms with E-state index in [1.54, 1.807) is 35.2 Å². The highest BCUT2D eigenvalue weighted by Crippen LogP contribution is 2.18. The lowest BCUT2D eigenvalue weighted by Gasteiger charge is -2.34. The minimum absolute atomic E-state index is 0.0941. The van der Waals surface area contributed by atoms with Crippen LogP contribution in [-0.4, -0.2) is 73.6 Å². The van der Waals surface area contributed by atoms with Gasteiger partial charge >= 0.3 is 0 Å². The number of hydrogen-bond acceptors (Lipinski definition) is 5. The summed E-state index contributed by atoms with van der Waals surface area (Å²) in [6.07, 6.45) is 2.71. The molecule has 0 atom stereocenters. The fourth-order valence-electron chi connectivity index (χ4n) is 4.41. The Balaban J connectivity index is 1.19. The predicted octanol–water partition coefficient (Wildman–Crippen LogP) is 2.53. The molecule has 2 amide bonds. The van der Waals surface area contributed by atoms with Crippen LogP contribution in [0.15, 0.2) is 59.5 Å². The van der Waals surface area contributed by atoms with Crippen LogP contribution in [0.5, 0.6) is 0 Å². The number of carbonyl (C=O) groups excluding carboxylic acids is 2. The van der Waals surface area contributed by atoms with Gasteiger partial charge in [0.2, 0.25) is 21.8 Å². The van der Waals surface area contributed by atoms with Gasteiger partial charge in [0.15, 0.2) is 0 Å². The van der Waals surface area contributed by atoms with Crippen LogP contribution in [0, 0.1) is 0 Å². The molecule has 2 fully saturated rings. The summed E-state index contributed by atoms with van der Waals surface area (Å²) >= 11 is 0. The molecule has 0 aliphatic carbocycles. The molecule has 34 heavy (non-hydrogen) atoms. The molecule has 1 N–H and O–H groups in total. The van der Waals surface area contributed by atoms with E-state index in [0.717, 1.165) is 25.3 Å². The topological polar surface area (TPSA) is 90.0 Å². The first kappa shape index (κ1) is 24.4. The molecular weight excluding hydrogens is 452 g/mol. The number of sulfonamides is 1. The second kappa shape index (κ2) is 11.1. The Kier molecular flexibility index (Phi) is 7.97. The Morgan fingerprint density at radius 2 is 1.44 bits per heavy atom. The van der Waals surface area contributed by atoms with Crippen LogP contribution in [0.4, 0.5) is 5.69 Å². The van der Waals surface area contributed by atoms with E-state index in [1.165, 1.54) is 22.7 Å². The molecule has 4 rings (SSSR count). The zero-order valence-electron chi connectivity index (χ0n) is 19.4. The molecule has 2 aromatic rings. The molecule has 0 bridgehead atoms. The van der Waals surface area contributed by atoms with Crippen molar-refractivity contribution in [2.24, 2.45) is 0 Å². The van der Waals surface area contributed by atoms with Crippen molar-refractivity contribution in [3.63, 3.8) is 0 Å². The Morgan fingerprint density at radius 3 is 2.09 bits per heavy atom. The summed E-state index contributed by atoms with van der Waals surface area (Å²) in [6.45, 7) is 4.37. The summed E-state index contributed by atoms with van der Waals surface area (Å²) in [7, 11) is -3.55. The number of amides is 2. The Morgan fingerprint density at radius 1 is 0.794 bits per heavy atom. The summed E-state index contributed by atoms with van der Waals surface area (Å²) in [4.78, 5) is 29.2. The third kappa shape index (κ3) is 6.22. The number of rotatable bonds is 8. The molecule has 182 valence electrons. The first-order valence-electron chi connectivity index (χ1n) is 11.9. The van der Waals surface area contributed by atoms with E-state index >= 15 is 0 Å². The van der Waals surface area contributed by atoms with E-state index < -0.39 is 10.0 Å². The van der Waals surface area contributed by atoms with Crippen LogP contribution >= 0.6 is 0 Å². The van der Waals surface area contributed by atoms with Crippen LogP contribution in [0.3, 0.4) is 0 Å². The number of nitrogens with one attached hydrogen (secondary N) is 1. The summed E-state index contributed by atoms with van der Waals surface area (Å²) in [5.74, 6) is -0.334. The van der Waals surface area contributed by atoms with Gasteiger partial charge in [-0.3, -0.25) is 14.5 Å². The highest BCUT2D eigenvalue weighted by Gasteiger charge is 2.30. The molecular formula is C25H32N4O4S. The van der Waals surface area contributed by atoms with E-state index in [4.69, 9.17) is 0 Å². The van der Waals surface area contributed by atoms with Gasteiger partial charge in [-0.2, -0.15) is 4.31 Å². The van der Waals surface area contributed by atoms with Gasteiger partial charge in [0.05, 0.1) is 4.90 Å². The molecule has 0 radical (unpaired) electrons. The number of nitrogens with zero attached hydrogens (tertiary/aromatic N) is 3. The third-order valence-electron chi connectivity index (χ3n) is 6.38. The van der Waals surface area contributed by atoms with Crippen LogP contribution in [0.1, 0.15) is 31.2 Å². The number of hydrogen-bond donors (Lipinski definition) is 1. The molecule has 8 nitrogen and oxygen atoms in total. The molecule has 0 saturated carbocycles. The molecule has 0 spiro atoms. The monoisotopic (exact) mass is 484 g/mol. The lowest BCUT2D eigenvalue weighted by atomic mass is 10.2. The Labute approximate surface area is 201 Å². The standard InChI is InChI=1S/C25H32N4O4S/c30-24(26-22-10-8-21(9-11-22)20-27-14-4-5-15-27)12-13-25(31)28-16-18-29(19-17-28)34(32,33)23-6-2-1-3-7-23/h1-3,6-11H,4-5,12-20H2,(H,26,30). The lowest BCUT2D eigenvalue weighted by Crippen LogP contribution is -2.50. The van der Waals surface area contributed by atoms with Crippen molar-refractivity contribution in [3.8, 4) is 0 Å². The van der Waals surface area contributed by atoms with Crippen LogP contribution in [0.25, 0.3) is 0 Å². The molecule has 9 heteroatoms. The summed E-state index contributed by atoms with van der Waals surface area (Å²) < 4.78 is 26.9. The van der Waals surface area contributed by atoms with Crippen molar-refractivity contribution in [1.29, 1.82) is 0 Å². The zero-order chi connectivity index (χ0) is 24.0. The molecule has 2 saturated heterocycles. The second-order valence-electron chi connectivity index (χ2n) is 8.83. The molecule has 2 aliphatic heterocycles. The van der Waals surface area contributed by atoms with Gasteiger partial charge in [-0.1, -0.05) is 30.3 Å². The van der Waals surface area contributed by atoms with Crippen molar-refractivity contribution >= 4 is 27.5 Å². The summed E-state index contributed by atoms with van der Waals surface area (Å²) in [6, 6.07) is 16.2. The number of carbonyl (C=O) groups is 2. The fourth-order valence-corrected chi connectivity index (χ4v) is 5.86. The van der Waals surface area contributed by atoms with Crippen molar-refractivity contribution in [1.82, 2.24) is 14.1 Å². The normalized spacial score (nSPS) is 17.6. The number of anilines is 1. The molecule has 2 aromatic carbocycles. The molecule has 2 aliphatic rings. The van der Waals surface area contributed by atoms with Crippen molar-refractivity contribution < 1.29 is 18.0 Å². The summed E-state index contributed by atoms with van der Waals surface area (Å²) in [5, 5.41) is 2.86. The molecule has 2 heterocycles. The van der Waals surface area contributed by atoms with Crippen molar-refractivity contribution in [2.45, 2.75) is 37.1 Å². The first-order chi connectivity index (χ1) is 16.4. The maximum absolute atomic E-state index is 12.7. The average Bonchev–Trinajstić information content (AvgIpc) is 3.37. The Hall–Kier alpha value is -2.75. The quantitative estimate of drug-likeness (QED) is 0.622. The van der Waals surface area contributed by atoms with E-state index in [2.05, 4.69) is 10.2 Å². The molecule has 0 aromatic heterocycles. The fraction of sp³-hybridized carbons (Fsp3) is 0.440. The van der Waals surface area contributed by atoms with Gasteiger partial charge < -0.3 is 10.2 Å². The zero-order valence-corrected chi connectivity index (χ0v) is 20.2. The largest absolute Gasteiger partial charge is 0.340 e. The minimum Gasteiger partial charge on any atom is -0.340 e. The number of piperazine rings is 1.